The van der Waals surface area contributed by atoms with Crippen molar-refractivity contribution < 1.29 is 19.4 Å². The van der Waals surface area contributed by atoms with Crippen molar-refractivity contribution >= 4 is 46.8 Å². The van der Waals surface area contributed by atoms with Crippen molar-refractivity contribution in [3.8, 4) is 0 Å². The summed E-state index contributed by atoms with van der Waals surface area (Å²) in [5, 5.41) is 12.0. The molecule has 0 fully saturated rings. The molecule has 8 heteroatoms. The zero-order valence-corrected chi connectivity index (χ0v) is 14.6. The number of aliphatic hydroxyl groups is 1. The highest BCUT2D eigenvalue weighted by Gasteiger charge is 2.33. The molecule has 0 spiro atoms. The molecular formula is C15H15Cl2NO4S. The standard InChI is InChI=1S/C15H15Cl2NO4S/c1-8-13(23-11-5-9(16)4-10(17)6-11)12(7-22-3-2-19)15(21)18-14(8)20/h4-6,12,19H,2-3,7H2,1H3,(H,18,20,21). The number of hydrogen-bond acceptors (Lipinski definition) is 5. The average Bonchev–Trinajstić information content (AvgIpc) is 2.46. The summed E-state index contributed by atoms with van der Waals surface area (Å²) in [6, 6.07) is 5.02. The summed E-state index contributed by atoms with van der Waals surface area (Å²) >= 11 is 13.2. The quantitative estimate of drug-likeness (QED) is 0.590. The number of halogens is 2. The first kappa shape index (κ1) is 18.3. The summed E-state index contributed by atoms with van der Waals surface area (Å²) in [5.74, 6) is -1.47. The Labute approximate surface area is 148 Å². The van der Waals surface area contributed by atoms with Crippen LogP contribution in [0.25, 0.3) is 0 Å². The van der Waals surface area contributed by atoms with Gasteiger partial charge >= 0.3 is 0 Å². The lowest BCUT2D eigenvalue weighted by atomic mass is 10.0. The van der Waals surface area contributed by atoms with Gasteiger partial charge in [-0.2, -0.15) is 0 Å². The van der Waals surface area contributed by atoms with Gasteiger partial charge in [0, 0.05) is 25.4 Å². The lowest BCUT2D eigenvalue weighted by Crippen LogP contribution is -2.43. The summed E-state index contributed by atoms with van der Waals surface area (Å²) in [7, 11) is 0. The molecule has 23 heavy (non-hydrogen) atoms. The number of thioether (sulfide) groups is 1. The van der Waals surface area contributed by atoms with Crippen LogP contribution in [0.3, 0.4) is 0 Å². The lowest BCUT2D eigenvalue weighted by molar-refractivity contribution is -0.132. The Hall–Kier alpha value is -1.05. The zero-order valence-electron chi connectivity index (χ0n) is 12.3. The fourth-order valence-corrected chi connectivity index (χ4v) is 3.91. The molecule has 2 rings (SSSR count). The van der Waals surface area contributed by atoms with Gasteiger partial charge < -0.3 is 9.84 Å². The Morgan fingerprint density at radius 1 is 1.26 bits per heavy atom. The maximum Gasteiger partial charge on any atom is 0.254 e. The molecule has 1 atom stereocenters. The third-order valence-corrected chi connectivity index (χ3v) is 4.88. The Morgan fingerprint density at radius 2 is 1.91 bits per heavy atom. The van der Waals surface area contributed by atoms with Crippen LogP contribution in [0.4, 0.5) is 0 Å². The smallest absolute Gasteiger partial charge is 0.254 e. The van der Waals surface area contributed by atoms with E-state index >= 15 is 0 Å². The molecule has 1 unspecified atom stereocenters. The van der Waals surface area contributed by atoms with E-state index < -0.39 is 17.7 Å². The summed E-state index contributed by atoms with van der Waals surface area (Å²) < 4.78 is 5.27. The van der Waals surface area contributed by atoms with E-state index in [1.165, 1.54) is 11.8 Å². The largest absolute Gasteiger partial charge is 0.394 e. The van der Waals surface area contributed by atoms with Crippen molar-refractivity contribution in [3.05, 3.63) is 38.7 Å². The third-order valence-electron chi connectivity index (χ3n) is 3.16. The summed E-state index contributed by atoms with van der Waals surface area (Å²) in [6.45, 7) is 1.71. The molecule has 2 N–H and O–H groups in total. The number of imide groups is 1. The average molecular weight is 376 g/mol. The maximum atomic E-state index is 12.1. The normalized spacial score (nSPS) is 18.3. The van der Waals surface area contributed by atoms with E-state index in [0.717, 1.165) is 4.90 Å². The number of rotatable bonds is 6. The first-order valence-electron chi connectivity index (χ1n) is 6.81. The van der Waals surface area contributed by atoms with Crippen LogP contribution in [0, 0.1) is 5.92 Å². The van der Waals surface area contributed by atoms with E-state index in [4.69, 9.17) is 33.0 Å². The SMILES string of the molecule is CC1=C(Sc2cc(Cl)cc(Cl)c2)C(COCCO)C(=O)NC1=O. The van der Waals surface area contributed by atoms with Crippen molar-refractivity contribution in [2.75, 3.05) is 19.8 Å². The minimum atomic E-state index is -0.623. The van der Waals surface area contributed by atoms with Crippen LogP contribution in [-0.4, -0.2) is 36.7 Å². The molecule has 1 aliphatic rings. The number of carbonyl (C=O) groups excluding carboxylic acids is 2. The van der Waals surface area contributed by atoms with E-state index in [0.29, 0.717) is 20.5 Å². The van der Waals surface area contributed by atoms with Crippen LogP contribution in [-0.2, 0) is 14.3 Å². The van der Waals surface area contributed by atoms with E-state index in [1.807, 2.05) is 0 Å². The van der Waals surface area contributed by atoms with Crippen molar-refractivity contribution in [1.82, 2.24) is 5.32 Å². The van der Waals surface area contributed by atoms with E-state index in [9.17, 15) is 9.59 Å². The molecule has 1 heterocycles. The summed E-state index contributed by atoms with van der Waals surface area (Å²) in [5.41, 5.74) is 0.447. The van der Waals surface area contributed by atoms with Gasteiger partial charge in [0.05, 0.1) is 25.7 Å². The molecule has 124 valence electrons. The van der Waals surface area contributed by atoms with Gasteiger partial charge in [0.25, 0.3) is 5.91 Å². The van der Waals surface area contributed by atoms with Gasteiger partial charge in [-0.05, 0) is 25.1 Å². The van der Waals surface area contributed by atoms with Crippen molar-refractivity contribution in [2.45, 2.75) is 11.8 Å². The van der Waals surface area contributed by atoms with Crippen LogP contribution in [0.2, 0.25) is 10.0 Å². The van der Waals surface area contributed by atoms with Crippen LogP contribution in [0.1, 0.15) is 6.92 Å². The van der Waals surface area contributed by atoms with E-state index in [1.54, 1.807) is 25.1 Å². The lowest BCUT2D eigenvalue weighted by Gasteiger charge is -2.25. The second kappa shape index (κ2) is 8.17. The van der Waals surface area contributed by atoms with Gasteiger partial charge in [0.15, 0.2) is 0 Å². The molecule has 0 saturated heterocycles. The molecule has 0 bridgehead atoms. The Kier molecular flexibility index (Phi) is 6.50. The van der Waals surface area contributed by atoms with E-state index in [-0.39, 0.29) is 19.8 Å². The van der Waals surface area contributed by atoms with Gasteiger partial charge in [0.2, 0.25) is 5.91 Å². The molecule has 1 aliphatic heterocycles. The number of carbonyl (C=O) groups is 2. The number of hydrogen-bond donors (Lipinski definition) is 2. The van der Waals surface area contributed by atoms with Gasteiger partial charge in [-0.25, -0.2) is 0 Å². The molecule has 1 aromatic carbocycles. The Morgan fingerprint density at radius 3 is 2.52 bits per heavy atom. The molecule has 5 nitrogen and oxygen atoms in total. The van der Waals surface area contributed by atoms with Crippen molar-refractivity contribution in [2.24, 2.45) is 5.92 Å². The van der Waals surface area contributed by atoms with Gasteiger partial charge in [-0.1, -0.05) is 35.0 Å². The molecule has 0 saturated carbocycles. The number of benzene rings is 1. The molecular weight excluding hydrogens is 361 g/mol. The van der Waals surface area contributed by atoms with Crippen LogP contribution in [0.15, 0.2) is 33.6 Å². The summed E-state index contributed by atoms with van der Waals surface area (Å²) in [6.07, 6.45) is 0. The minimum absolute atomic E-state index is 0.0770. The molecule has 2 amide bonds. The highest BCUT2D eigenvalue weighted by atomic mass is 35.5. The second-order valence-electron chi connectivity index (χ2n) is 4.87. The van der Waals surface area contributed by atoms with Gasteiger partial charge in [-0.15, -0.1) is 0 Å². The molecule has 1 aromatic rings. The maximum absolute atomic E-state index is 12.1. The Balaban J connectivity index is 2.30. The van der Waals surface area contributed by atoms with Gasteiger partial charge in [0.1, 0.15) is 0 Å². The minimum Gasteiger partial charge on any atom is -0.394 e. The fourth-order valence-electron chi connectivity index (χ4n) is 2.06. The van der Waals surface area contributed by atoms with Crippen LogP contribution < -0.4 is 5.32 Å². The molecule has 0 aliphatic carbocycles. The predicted molar refractivity (Wildman–Crippen MR) is 89.6 cm³/mol. The third kappa shape index (κ3) is 4.71. The molecule has 0 radical (unpaired) electrons. The highest BCUT2D eigenvalue weighted by molar-refractivity contribution is 8.03. The number of aliphatic hydroxyl groups excluding tert-OH is 1. The van der Waals surface area contributed by atoms with Crippen molar-refractivity contribution in [1.29, 1.82) is 0 Å². The first-order valence-corrected chi connectivity index (χ1v) is 8.38. The first-order chi connectivity index (χ1) is 10.9. The fraction of sp³-hybridized carbons (Fsp3) is 0.333. The Bertz CT molecular complexity index is 643. The topological polar surface area (TPSA) is 75.6 Å². The van der Waals surface area contributed by atoms with E-state index in [2.05, 4.69) is 5.32 Å². The summed E-state index contributed by atoms with van der Waals surface area (Å²) in [4.78, 5) is 25.3. The van der Waals surface area contributed by atoms with Crippen molar-refractivity contribution in [3.63, 3.8) is 0 Å². The van der Waals surface area contributed by atoms with Crippen LogP contribution in [0.5, 0.6) is 0 Å². The highest BCUT2D eigenvalue weighted by Crippen LogP contribution is 2.38. The number of ether oxygens (including phenoxy) is 1. The zero-order chi connectivity index (χ0) is 17.0. The van der Waals surface area contributed by atoms with Gasteiger partial charge in [-0.3, -0.25) is 14.9 Å². The monoisotopic (exact) mass is 375 g/mol. The number of amides is 2. The second-order valence-corrected chi connectivity index (χ2v) is 6.85. The number of nitrogens with one attached hydrogen (secondary N) is 1. The predicted octanol–water partition coefficient (Wildman–Crippen LogP) is 2.64. The van der Waals surface area contributed by atoms with Crippen LogP contribution >= 0.6 is 35.0 Å². The molecule has 0 aromatic heterocycles.